The van der Waals surface area contributed by atoms with Crippen molar-refractivity contribution >= 4 is 5.78 Å². The van der Waals surface area contributed by atoms with Crippen LogP contribution in [-0.4, -0.2) is 15.8 Å². The number of carbonyl (C=O) groups is 1. The summed E-state index contributed by atoms with van der Waals surface area (Å²) in [5, 5.41) is 0. The average molecular weight is 244 g/mol. The van der Waals surface area contributed by atoms with Crippen LogP contribution >= 0.6 is 0 Å². The predicted octanol–water partition coefficient (Wildman–Crippen LogP) is 2.72. The molecule has 0 amide bonds. The molecule has 0 aliphatic rings. The lowest BCUT2D eigenvalue weighted by Crippen LogP contribution is -2.05. The Kier molecular flexibility index (Phi) is 3.46. The van der Waals surface area contributed by atoms with Gasteiger partial charge in [0.05, 0.1) is 11.3 Å². The summed E-state index contributed by atoms with van der Waals surface area (Å²) in [7, 11) is 0. The first-order valence-electron chi connectivity index (χ1n) is 5.64. The van der Waals surface area contributed by atoms with Crippen molar-refractivity contribution < 1.29 is 9.18 Å². The summed E-state index contributed by atoms with van der Waals surface area (Å²) >= 11 is 0. The fourth-order valence-corrected chi connectivity index (χ4v) is 1.78. The van der Waals surface area contributed by atoms with Crippen LogP contribution in [0.1, 0.15) is 34.4 Å². The highest BCUT2D eigenvalue weighted by Crippen LogP contribution is 2.10. The van der Waals surface area contributed by atoms with Crippen LogP contribution in [0.4, 0.5) is 4.39 Å². The van der Waals surface area contributed by atoms with Crippen molar-refractivity contribution in [2.75, 3.05) is 0 Å². The molecule has 18 heavy (non-hydrogen) atoms. The normalized spacial score (nSPS) is 10.4. The first-order chi connectivity index (χ1) is 8.56. The van der Waals surface area contributed by atoms with Crippen molar-refractivity contribution in [3.63, 3.8) is 0 Å². The molecule has 0 bridgehead atoms. The molecule has 0 saturated carbocycles. The number of aromatic nitrogens is 2. The van der Waals surface area contributed by atoms with E-state index in [9.17, 15) is 9.18 Å². The zero-order valence-electron chi connectivity index (χ0n) is 10.3. The monoisotopic (exact) mass is 244 g/mol. The summed E-state index contributed by atoms with van der Waals surface area (Å²) in [4.78, 5) is 19.6. The molecule has 3 nitrogen and oxygen atoms in total. The Bertz CT molecular complexity index is 596. The van der Waals surface area contributed by atoms with E-state index in [1.807, 2.05) is 6.07 Å². The van der Waals surface area contributed by atoms with Crippen LogP contribution in [0.5, 0.6) is 0 Å². The Balaban J connectivity index is 2.25. The first-order valence-corrected chi connectivity index (χ1v) is 5.64. The second-order valence-electron chi connectivity index (χ2n) is 4.15. The van der Waals surface area contributed by atoms with E-state index in [0.717, 1.165) is 5.56 Å². The van der Waals surface area contributed by atoms with Gasteiger partial charge in [-0.25, -0.2) is 14.4 Å². The second kappa shape index (κ2) is 5.04. The van der Waals surface area contributed by atoms with Crippen LogP contribution < -0.4 is 0 Å². The average Bonchev–Trinajstić information content (AvgIpc) is 2.28. The number of carbonyl (C=O) groups excluding carboxylic acids is 1. The summed E-state index contributed by atoms with van der Waals surface area (Å²) in [6.07, 6.45) is 1.98. The molecule has 0 aliphatic heterocycles. The van der Waals surface area contributed by atoms with Crippen molar-refractivity contribution in [2.45, 2.75) is 20.3 Å². The Labute approximate surface area is 105 Å². The van der Waals surface area contributed by atoms with Gasteiger partial charge < -0.3 is 0 Å². The molecule has 1 aromatic heterocycles. The lowest BCUT2D eigenvalue weighted by atomic mass is 10.1. The molecular weight excluding hydrogens is 231 g/mol. The molecule has 0 fully saturated rings. The van der Waals surface area contributed by atoms with Crippen molar-refractivity contribution in [1.29, 1.82) is 0 Å². The topological polar surface area (TPSA) is 42.9 Å². The van der Waals surface area contributed by atoms with E-state index < -0.39 is 0 Å². The van der Waals surface area contributed by atoms with Crippen molar-refractivity contribution in [3.8, 4) is 0 Å². The van der Waals surface area contributed by atoms with Gasteiger partial charge >= 0.3 is 0 Å². The maximum atomic E-state index is 13.0. The van der Waals surface area contributed by atoms with Crippen LogP contribution in [0.2, 0.25) is 0 Å². The number of nitrogens with zero attached hydrogens (tertiary/aromatic N) is 2. The van der Waals surface area contributed by atoms with Gasteiger partial charge in [0.2, 0.25) is 0 Å². The van der Waals surface area contributed by atoms with Crippen LogP contribution in [0.15, 0.2) is 30.5 Å². The highest BCUT2D eigenvalue weighted by atomic mass is 19.1. The molecule has 4 heteroatoms. The lowest BCUT2D eigenvalue weighted by molar-refractivity contribution is 0.101. The summed E-state index contributed by atoms with van der Waals surface area (Å²) in [6.45, 7) is 3.26. The molecule has 0 N–H and O–H groups in total. The van der Waals surface area contributed by atoms with Crippen LogP contribution in [-0.2, 0) is 6.42 Å². The molecule has 0 spiro atoms. The highest BCUT2D eigenvalue weighted by Gasteiger charge is 2.08. The van der Waals surface area contributed by atoms with Gasteiger partial charge in [0.25, 0.3) is 0 Å². The predicted molar refractivity (Wildman–Crippen MR) is 66.0 cm³/mol. The minimum Gasteiger partial charge on any atom is -0.294 e. The molecule has 0 radical (unpaired) electrons. The van der Waals surface area contributed by atoms with Crippen LogP contribution in [0.25, 0.3) is 0 Å². The number of aryl methyl sites for hydroxylation is 1. The molecule has 2 aromatic rings. The number of benzene rings is 1. The van der Waals surface area contributed by atoms with Crippen molar-refractivity contribution in [1.82, 2.24) is 9.97 Å². The minimum absolute atomic E-state index is 0.0511. The lowest BCUT2D eigenvalue weighted by Gasteiger charge is -2.04. The van der Waals surface area contributed by atoms with Gasteiger partial charge in [0.15, 0.2) is 5.78 Å². The quantitative estimate of drug-likeness (QED) is 0.780. The molecule has 92 valence electrons. The fourth-order valence-electron chi connectivity index (χ4n) is 1.78. The van der Waals surface area contributed by atoms with Gasteiger partial charge in [0, 0.05) is 12.6 Å². The summed E-state index contributed by atoms with van der Waals surface area (Å²) in [6, 6.07) is 6.33. The molecule has 0 saturated heterocycles. The largest absolute Gasteiger partial charge is 0.294 e. The molecular formula is C14H13FN2O. The highest BCUT2D eigenvalue weighted by molar-refractivity contribution is 5.94. The molecule has 1 heterocycles. The van der Waals surface area contributed by atoms with E-state index in [0.29, 0.717) is 23.5 Å². The fraction of sp³-hybridized carbons (Fsp3) is 0.214. The van der Waals surface area contributed by atoms with Crippen LogP contribution in [0, 0.1) is 12.7 Å². The Morgan fingerprint density at radius 2 is 2.17 bits per heavy atom. The Morgan fingerprint density at radius 1 is 1.39 bits per heavy atom. The zero-order chi connectivity index (χ0) is 13.1. The standard InChI is InChI=1S/C14H13FN2O/c1-9-13(10(2)18)8-16-14(17-9)7-11-4-3-5-12(15)6-11/h3-6,8H,7H2,1-2H3. The Morgan fingerprint density at radius 3 is 2.78 bits per heavy atom. The van der Waals surface area contributed by atoms with Gasteiger partial charge in [-0.15, -0.1) is 0 Å². The van der Waals surface area contributed by atoms with Crippen LogP contribution in [0.3, 0.4) is 0 Å². The van der Waals surface area contributed by atoms with E-state index in [1.165, 1.54) is 25.3 Å². The van der Waals surface area contributed by atoms with Gasteiger partial charge in [-0.2, -0.15) is 0 Å². The first kappa shape index (κ1) is 12.4. The third-order valence-corrected chi connectivity index (χ3v) is 2.66. The SMILES string of the molecule is CC(=O)c1cnc(Cc2cccc(F)c2)nc1C. The third-order valence-electron chi connectivity index (χ3n) is 2.66. The van der Waals surface area contributed by atoms with E-state index in [-0.39, 0.29) is 11.6 Å². The number of hydrogen-bond donors (Lipinski definition) is 0. The summed E-state index contributed by atoms with van der Waals surface area (Å²) in [5.41, 5.74) is 1.99. The molecule has 0 unspecified atom stereocenters. The minimum atomic E-state index is -0.274. The molecule has 0 aliphatic carbocycles. The van der Waals surface area contributed by atoms with Gasteiger partial charge in [0.1, 0.15) is 11.6 Å². The van der Waals surface area contributed by atoms with E-state index in [4.69, 9.17) is 0 Å². The summed E-state index contributed by atoms with van der Waals surface area (Å²) in [5.74, 6) is 0.262. The number of ketones is 1. The number of halogens is 1. The van der Waals surface area contributed by atoms with E-state index in [1.54, 1.807) is 13.0 Å². The van der Waals surface area contributed by atoms with Crippen molar-refractivity contribution in [3.05, 3.63) is 58.9 Å². The maximum Gasteiger partial charge on any atom is 0.163 e. The van der Waals surface area contributed by atoms with E-state index >= 15 is 0 Å². The van der Waals surface area contributed by atoms with Gasteiger partial charge in [-0.1, -0.05) is 12.1 Å². The second-order valence-corrected chi connectivity index (χ2v) is 4.15. The third kappa shape index (κ3) is 2.77. The smallest absolute Gasteiger partial charge is 0.163 e. The van der Waals surface area contributed by atoms with Crippen molar-refractivity contribution in [2.24, 2.45) is 0 Å². The molecule has 0 atom stereocenters. The zero-order valence-corrected chi connectivity index (χ0v) is 10.3. The molecule has 2 rings (SSSR count). The number of Topliss-reactive ketones (excluding diaryl/α,β-unsaturated/α-hetero) is 1. The molecule has 1 aromatic carbocycles. The van der Waals surface area contributed by atoms with Gasteiger partial charge in [-0.3, -0.25) is 4.79 Å². The van der Waals surface area contributed by atoms with Gasteiger partial charge in [-0.05, 0) is 31.5 Å². The number of rotatable bonds is 3. The van der Waals surface area contributed by atoms with E-state index in [2.05, 4.69) is 9.97 Å². The Hall–Kier alpha value is -2.10. The maximum absolute atomic E-state index is 13.0. The summed E-state index contributed by atoms with van der Waals surface area (Å²) < 4.78 is 13.0. The number of hydrogen-bond acceptors (Lipinski definition) is 3.